The molecule has 2 unspecified atom stereocenters. The Bertz CT molecular complexity index is 347. The molecule has 1 saturated heterocycles. The van der Waals surface area contributed by atoms with Crippen molar-refractivity contribution in [1.82, 2.24) is 5.32 Å². The molecule has 0 aliphatic carbocycles. The normalized spacial score (nSPS) is 25.9. The highest BCUT2D eigenvalue weighted by Gasteiger charge is 2.29. The molecule has 0 spiro atoms. The van der Waals surface area contributed by atoms with Gasteiger partial charge in [0.2, 0.25) is 0 Å². The van der Waals surface area contributed by atoms with Crippen LogP contribution in [0.25, 0.3) is 0 Å². The lowest BCUT2D eigenvalue weighted by Gasteiger charge is -2.36. The quantitative estimate of drug-likeness (QED) is 0.869. The maximum atomic E-state index is 5.89. The Morgan fingerprint density at radius 3 is 2.83 bits per heavy atom. The molecule has 18 heavy (non-hydrogen) atoms. The predicted molar refractivity (Wildman–Crippen MR) is 72.5 cm³/mol. The van der Waals surface area contributed by atoms with Crippen LogP contribution in [0.1, 0.15) is 25.8 Å². The number of hydrogen-bond acceptors (Lipinski definition) is 3. The van der Waals surface area contributed by atoms with Gasteiger partial charge in [-0.2, -0.15) is 0 Å². The van der Waals surface area contributed by atoms with Gasteiger partial charge in [0.05, 0.1) is 24.9 Å². The van der Waals surface area contributed by atoms with E-state index in [1.807, 2.05) is 18.2 Å². The molecule has 100 valence electrons. The summed E-state index contributed by atoms with van der Waals surface area (Å²) in [6.45, 7) is 7.60. The first-order chi connectivity index (χ1) is 8.68. The summed E-state index contributed by atoms with van der Waals surface area (Å²) in [5, 5.41) is 3.37. The lowest BCUT2D eigenvalue weighted by atomic mass is 9.97. The summed E-state index contributed by atoms with van der Waals surface area (Å²) >= 11 is 0. The molecule has 1 aromatic carbocycles. The Kier molecular flexibility index (Phi) is 4.75. The van der Waals surface area contributed by atoms with Gasteiger partial charge >= 0.3 is 0 Å². The van der Waals surface area contributed by atoms with Crippen LogP contribution in [0.5, 0.6) is 0 Å². The van der Waals surface area contributed by atoms with E-state index in [4.69, 9.17) is 9.47 Å². The van der Waals surface area contributed by atoms with Crippen molar-refractivity contribution in [3.63, 3.8) is 0 Å². The molecule has 3 nitrogen and oxygen atoms in total. The molecule has 0 amide bonds. The maximum Gasteiger partial charge on any atom is 0.0803 e. The van der Waals surface area contributed by atoms with Gasteiger partial charge < -0.3 is 14.8 Å². The second-order valence-electron chi connectivity index (χ2n) is 5.29. The summed E-state index contributed by atoms with van der Waals surface area (Å²) in [6, 6.07) is 10.3. The number of hydrogen-bond donors (Lipinski definition) is 1. The number of morpholine rings is 1. The number of ether oxygens (including phenoxy) is 2. The zero-order valence-corrected chi connectivity index (χ0v) is 11.3. The molecular weight excluding hydrogens is 226 g/mol. The van der Waals surface area contributed by atoms with E-state index in [0.29, 0.717) is 6.61 Å². The largest absolute Gasteiger partial charge is 0.374 e. The monoisotopic (exact) mass is 249 g/mol. The van der Waals surface area contributed by atoms with Crippen LogP contribution in [0.3, 0.4) is 0 Å². The molecule has 1 heterocycles. The van der Waals surface area contributed by atoms with Gasteiger partial charge in [0.15, 0.2) is 0 Å². The van der Waals surface area contributed by atoms with Crippen molar-refractivity contribution in [2.75, 3.05) is 19.7 Å². The third-order valence-corrected chi connectivity index (χ3v) is 3.32. The van der Waals surface area contributed by atoms with Crippen LogP contribution in [-0.4, -0.2) is 31.4 Å². The highest BCUT2D eigenvalue weighted by Crippen LogP contribution is 2.21. The zero-order chi connectivity index (χ0) is 12.8. The smallest absolute Gasteiger partial charge is 0.0803 e. The zero-order valence-electron chi connectivity index (χ0n) is 11.3. The van der Waals surface area contributed by atoms with Crippen LogP contribution in [0.15, 0.2) is 30.3 Å². The molecule has 0 bridgehead atoms. The van der Waals surface area contributed by atoms with E-state index in [-0.39, 0.29) is 11.7 Å². The van der Waals surface area contributed by atoms with Crippen molar-refractivity contribution in [3.05, 3.63) is 35.9 Å². The van der Waals surface area contributed by atoms with Gasteiger partial charge in [-0.05, 0) is 19.4 Å². The minimum Gasteiger partial charge on any atom is -0.374 e. The Balaban J connectivity index is 1.76. The van der Waals surface area contributed by atoms with Crippen molar-refractivity contribution < 1.29 is 9.47 Å². The molecule has 1 aliphatic heterocycles. The average Bonchev–Trinajstić information content (AvgIpc) is 2.38. The van der Waals surface area contributed by atoms with Gasteiger partial charge in [-0.15, -0.1) is 0 Å². The topological polar surface area (TPSA) is 30.5 Å². The van der Waals surface area contributed by atoms with E-state index >= 15 is 0 Å². The van der Waals surface area contributed by atoms with E-state index in [9.17, 15) is 0 Å². The van der Waals surface area contributed by atoms with Crippen LogP contribution in [0, 0.1) is 0 Å². The van der Waals surface area contributed by atoms with Gasteiger partial charge in [-0.3, -0.25) is 0 Å². The van der Waals surface area contributed by atoms with E-state index < -0.39 is 0 Å². The van der Waals surface area contributed by atoms with Gasteiger partial charge in [-0.1, -0.05) is 30.3 Å². The third-order valence-electron chi connectivity index (χ3n) is 3.32. The summed E-state index contributed by atoms with van der Waals surface area (Å²) in [6.07, 6.45) is 1.13. The molecule has 1 N–H and O–H groups in total. The Hall–Kier alpha value is -0.900. The van der Waals surface area contributed by atoms with Crippen molar-refractivity contribution in [1.29, 1.82) is 0 Å². The first-order valence-corrected chi connectivity index (χ1v) is 6.68. The van der Waals surface area contributed by atoms with Crippen molar-refractivity contribution in [2.24, 2.45) is 0 Å². The molecule has 1 aliphatic rings. The maximum absolute atomic E-state index is 5.89. The molecule has 2 rings (SSSR count). The van der Waals surface area contributed by atoms with E-state index in [2.05, 4.69) is 31.3 Å². The molecule has 1 aromatic rings. The first kappa shape index (κ1) is 13.5. The van der Waals surface area contributed by atoms with Crippen LogP contribution in [0.2, 0.25) is 0 Å². The van der Waals surface area contributed by atoms with Crippen LogP contribution >= 0.6 is 0 Å². The van der Waals surface area contributed by atoms with E-state index in [1.54, 1.807) is 0 Å². The van der Waals surface area contributed by atoms with Gasteiger partial charge in [0, 0.05) is 19.5 Å². The lowest BCUT2D eigenvalue weighted by Crippen LogP contribution is -2.49. The first-order valence-electron chi connectivity index (χ1n) is 6.68. The fourth-order valence-electron chi connectivity index (χ4n) is 2.38. The minimum atomic E-state index is -0.0889. The summed E-state index contributed by atoms with van der Waals surface area (Å²) in [5.41, 5.74) is 1.13. The molecule has 0 radical (unpaired) electrons. The SMILES string of the molecule is CC(CC1(C)CNCCO1)OCc1ccccc1. The average molecular weight is 249 g/mol. The lowest BCUT2D eigenvalue weighted by molar-refractivity contribution is -0.0894. The fourth-order valence-corrected chi connectivity index (χ4v) is 2.38. The number of nitrogens with one attached hydrogen (secondary N) is 1. The summed E-state index contributed by atoms with van der Waals surface area (Å²) in [7, 11) is 0. The predicted octanol–water partition coefficient (Wildman–Crippen LogP) is 2.36. The van der Waals surface area contributed by atoms with Crippen molar-refractivity contribution >= 4 is 0 Å². The second-order valence-corrected chi connectivity index (χ2v) is 5.29. The molecule has 0 aromatic heterocycles. The van der Waals surface area contributed by atoms with Crippen LogP contribution < -0.4 is 5.32 Å². The van der Waals surface area contributed by atoms with Crippen molar-refractivity contribution in [2.45, 2.75) is 38.6 Å². The third kappa shape index (κ3) is 4.09. The van der Waals surface area contributed by atoms with Crippen LogP contribution in [-0.2, 0) is 16.1 Å². The van der Waals surface area contributed by atoms with E-state index in [0.717, 1.165) is 26.1 Å². The Morgan fingerprint density at radius 1 is 1.39 bits per heavy atom. The summed E-state index contributed by atoms with van der Waals surface area (Å²) < 4.78 is 11.7. The fraction of sp³-hybridized carbons (Fsp3) is 0.600. The Labute approximate surface area is 109 Å². The standard InChI is InChI=1S/C15H23NO2/c1-13(10-15(2)12-16-8-9-18-15)17-11-14-6-4-3-5-7-14/h3-7,13,16H,8-12H2,1-2H3. The molecule has 3 heteroatoms. The number of rotatable bonds is 5. The molecule has 0 saturated carbocycles. The highest BCUT2D eigenvalue weighted by molar-refractivity contribution is 5.13. The van der Waals surface area contributed by atoms with Crippen molar-refractivity contribution in [3.8, 4) is 0 Å². The second kappa shape index (κ2) is 6.32. The van der Waals surface area contributed by atoms with Gasteiger partial charge in [0.1, 0.15) is 0 Å². The minimum absolute atomic E-state index is 0.0889. The number of benzene rings is 1. The molecular formula is C15H23NO2. The van der Waals surface area contributed by atoms with Crippen LogP contribution in [0.4, 0.5) is 0 Å². The van der Waals surface area contributed by atoms with E-state index in [1.165, 1.54) is 5.56 Å². The highest BCUT2D eigenvalue weighted by atomic mass is 16.5. The molecule has 2 atom stereocenters. The Morgan fingerprint density at radius 2 is 2.17 bits per heavy atom. The summed E-state index contributed by atoms with van der Waals surface area (Å²) in [4.78, 5) is 0. The van der Waals surface area contributed by atoms with Gasteiger partial charge in [-0.25, -0.2) is 0 Å². The van der Waals surface area contributed by atoms with Gasteiger partial charge in [0.25, 0.3) is 0 Å². The summed E-state index contributed by atoms with van der Waals surface area (Å²) in [5.74, 6) is 0. The molecule has 1 fully saturated rings.